The van der Waals surface area contributed by atoms with Crippen molar-refractivity contribution in [3.05, 3.63) is 12.0 Å². The Hall–Kier alpha value is -1.18. The third kappa shape index (κ3) is 5.75. The number of likely N-dealkylation sites (N-methyl/N-ethyl adjacent to an activating group) is 1. The summed E-state index contributed by atoms with van der Waals surface area (Å²) in [5.74, 6) is 0.118. The number of halogens is 1. The van der Waals surface area contributed by atoms with E-state index in [9.17, 15) is 4.39 Å². The molecule has 0 bridgehead atoms. The van der Waals surface area contributed by atoms with Gasteiger partial charge < -0.3 is 15.1 Å². The number of nitrogens with zero attached hydrogens (tertiary/aromatic N) is 5. The molecular formula is C16H31FN6. The zero-order chi connectivity index (χ0) is 16.7. The molecule has 0 unspecified atom stereocenters. The Balaban J connectivity index is 1.77. The molecule has 0 aromatic rings. The first-order chi connectivity index (χ1) is 11.1. The van der Waals surface area contributed by atoms with Gasteiger partial charge in [-0.25, -0.2) is 9.38 Å². The smallest absolute Gasteiger partial charge is 0.180 e. The summed E-state index contributed by atoms with van der Waals surface area (Å²) in [6.45, 7) is 12.3. The zero-order valence-electron chi connectivity index (χ0n) is 14.8. The van der Waals surface area contributed by atoms with E-state index in [-0.39, 0.29) is 5.83 Å². The molecule has 2 rings (SSSR count). The highest BCUT2D eigenvalue weighted by Gasteiger charge is 2.19. The van der Waals surface area contributed by atoms with Crippen LogP contribution in [0.5, 0.6) is 0 Å². The Kier molecular flexibility index (Phi) is 7.26. The van der Waals surface area contributed by atoms with Crippen LogP contribution in [0.2, 0.25) is 0 Å². The molecule has 132 valence electrons. The lowest BCUT2D eigenvalue weighted by Crippen LogP contribution is -2.48. The van der Waals surface area contributed by atoms with E-state index in [2.05, 4.69) is 45.9 Å². The van der Waals surface area contributed by atoms with Crippen LogP contribution >= 0.6 is 0 Å². The van der Waals surface area contributed by atoms with Gasteiger partial charge in [-0.3, -0.25) is 9.80 Å². The van der Waals surface area contributed by atoms with Crippen LogP contribution in [0, 0.1) is 0 Å². The first-order valence-corrected chi connectivity index (χ1v) is 8.65. The van der Waals surface area contributed by atoms with Gasteiger partial charge >= 0.3 is 0 Å². The predicted molar refractivity (Wildman–Crippen MR) is 92.8 cm³/mol. The topological polar surface area (TPSA) is 37.4 Å². The fourth-order valence-corrected chi connectivity index (χ4v) is 2.82. The van der Waals surface area contributed by atoms with E-state index in [1.165, 1.54) is 0 Å². The second-order valence-electron chi connectivity index (χ2n) is 6.32. The molecule has 0 aromatic carbocycles. The quantitative estimate of drug-likeness (QED) is 0.705. The summed E-state index contributed by atoms with van der Waals surface area (Å²) in [7, 11) is 2.14. The molecule has 7 heteroatoms. The maximum atomic E-state index is 14.2. The molecule has 23 heavy (non-hydrogen) atoms. The minimum Gasteiger partial charge on any atom is -0.355 e. The summed E-state index contributed by atoms with van der Waals surface area (Å²) in [6, 6.07) is 0. The van der Waals surface area contributed by atoms with Crippen LogP contribution in [0.25, 0.3) is 0 Å². The molecule has 6 nitrogen and oxygen atoms in total. The van der Waals surface area contributed by atoms with E-state index >= 15 is 0 Å². The Labute approximate surface area is 139 Å². The highest BCUT2D eigenvalue weighted by Crippen LogP contribution is 2.10. The molecule has 2 heterocycles. The van der Waals surface area contributed by atoms with Crippen molar-refractivity contribution in [2.75, 3.05) is 66.3 Å². The summed E-state index contributed by atoms with van der Waals surface area (Å²) in [5, 5.41) is 3.12. The van der Waals surface area contributed by atoms with E-state index < -0.39 is 0 Å². The molecule has 0 aliphatic carbocycles. The Bertz CT molecular complexity index is 417. The van der Waals surface area contributed by atoms with Crippen molar-refractivity contribution in [2.45, 2.75) is 20.3 Å². The number of rotatable bonds is 7. The Morgan fingerprint density at radius 1 is 1.26 bits per heavy atom. The lowest BCUT2D eigenvalue weighted by atomic mass is 10.3. The van der Waals surface area contributed by atoms with Crippen molar-refractivity contribution in [1.29, 1.82) is 0 Å². The van der Waals surface area contributed by atoms with Crippen LogP contribution in [0.3, 0.4) is 0 Å². The van der Waals surface area contributed by atoms with Crippen molar-refractivity contribution < 1.29 is 4.39 Å². The number of hydrogen-bond acceptors (Lipinski definition) is 6. The Morgan fingerprint density at radius 3 is 2.61 bits per heavy atom. The summed E-state index contributed by atoms with van der Waals surface area (Å²) >= 11 is 0. The largest absolute Gasteiger partial charge is 0.355 e. The minimum absolute atomic E-state index is 0.266. The highest BCUT2D eigenvalue weighted by molar-refractivity contribution is 5.96. The maximum absolute atomic E-state index is 14.2. The number of nitrogens with one attached hydrogen (secondary N) is 1. The molecule has 1 fully saturated rings. The van der Waals surface area contributed by atoms with Gasteiger partial charge in [-0.05, 0) is 26.6 Å². The number of amidine groups is 1. The van der Waals surface area contributed by atoms with Gasteiger partial charge in [0.25, 0.3) is 0 Å². The van der Waals surface area contributed by atoms with Gasteiger partial charge in [-0.2, -0.15) is 0 Å². The van der Waals surface area contributed by atoms with E-state index in [0.29, 0.717) is 19.2 Å². The van der Waals surface area contributed by atoms with Crippen LogP contribution in [0.4, 0.5) is 4.39 Å². The van der Waals surface area contributed by atoms with Crippen molar-refractivity contribution in [3.63, 3.8) is 0 Å². The Morgan fingerprint density at radius 2 is 2.00 bits per heavy atom. The number of aliphatic imine (C=N–C) groups is 1. The molecule has 1 saturated heterocycles. The average Bonchev–Trinajstić information content (AvgIpc) is 2.55. The fourth-order valence-electron chi connectivity index (χ4n) is 2.82. The molecule has 1 N–H and O–H groups in total. The van der Waals surface area contributed by atoms with Crippen molar-refractivity contribution >= 4 is 5.84 Å². The van der Waals surface area contributed by atoms with Crippen LogP contribution in [0.1, 0.15) is 20.3 Å². The standard InChI is InChI=1S/C16H31FN6/c1-4-6-21(5-2)12-18-16-15(17)11-23(13-19-16)14-22-9-7-20(3)8-10-22/h11H,4-10,12-14H2,1-3H3,(H,18,19). The lowest BCUT2D eigenvalue weighted by Gasteiger charge is -2.36. The van der Waals surface area contributed by atoms with Crippen molar-refractivity contribution in [3.8, 4) is 0 Å². The average molecular weight is 326 g/mol. The monoisotopic (exact) mass is 326 g/mol. The van der Waals surface area contributed by atoms with E-state index in [0.717, 1.165) is 52.4 Å². The molecule has 0 radical (unpaired) electrons. The third-order valence-corrected chi connectivity index (χ3v) is 4.37. The highest BCUT2D eigenvalue weighted by atomic mass is 19.1. The van der Waals surface area contributed by atoms with Crippen LogP contribution in [0.15, 0.2) is 17.0 Å². The van der Waals surface area contributed by atoms with Crippen LogP contribution in [-0.4, -0.2) is 91.8 Å². The molecule has 0 spiro atoms. The van der Waals surface area contributed by atoms with Gasteiger partial charge in [0.2, 0.25) is 0 Å². The molecule has 0 saturated carbocycles. The van der Waals surface area contributed by atoms with Gasteiger partial charge in [0.05, 0.1) is 13.3 Å². The van der Waals surface area contributed by atoms with Gasteiger partial charge in [0.15, 0.2) is 11.7 Å². The van der Waals surface area contributed by atoms with Gasteiger partial charge in [-0.1, -0.05) is 13.8 Å². The van der Waals surface area contributed by atoms with Gasteiger partial charge in [0.1, 0.15) is 6.67 Å². The third-order valence-electron chi connectivity index (χ3n) is 4.37. The lowest BCUT2D eigenvalue weighted by molar-refractivity contribution is 0.105. The minimum atomic E-state index is -0.266. The predicted octanol–water partition coefficient (Wildman–Crippen LogP) is 0.953. The summed E-state index contributed by atoms with van der Waals surface area (Å²) in [6.07, 6.45) is 2.68. The molecular weight excluding hydrogens is 295 g/mol. The second kappa shape index (κ2) is 9.20. The zero-order valence-corrected chi connectivity index (χ0v) is 14.8. The molecule has 0 amide bonds. The van der Waals surface area contributed by atoms with E-state index in [1.807, 2.05) is 4.90 Å². The van der Waals surface area contributed by atoms with Crippen LogP contribution in [-0.2, 0) is 0 Å². The van der Waals surface area contributed by atoms with Crippen molar-refractivity contribution in [1.82, 2.24) is 24.9 Å². The first-order valence-electron chi connectivity index (χ1n) is 8.65. The normalized spacial score (nSPS) is 20.7. The molecule has 0 aromatic heterocycles. The molecule has 2 aliphatic heterocycles. The first kappa shape index (κ1) is 18.2. The maximum Gasteiger partial charge on any atom is 0.180 e. The number of piperazine rings is 1. The summed E-state index contributed by atoms with van der Waals surface area (Å²) < 4.78 is 14.2. The summed E-state index contributed by atoms with van der Waals surface area (Å²) in [4.78, 5) is 13.2. The fraction of sp³-hybridized carbons (Fsp3) is 0.812. The molecule has 0 atom stereocenters. The number of hydrogen-bond donors (Lipinski definition) is 1. The van der Waals surface area contributed by atoms with Crippen LogP contribution < -0.4 is 5.32 Å². The van der Waals surface area contributed by atoms with Crippen molar-refractivity contribution in [2.24, 2.45) is 4.99 Å². The summed E-state index contributed by atoms with van der Waals surface area (Å²) in [5.41, 5.74) is 0. The van der Waals surface area contributed by atoms with E-state index in [4.69, 9.17) is 0 Å². The van der Waals surface area contributed by atoms with Gasteiger partial charge in [-0.15, -0.1) is 0 Å². The SMILES string of the molecule is CCCN(CC)CNC1=NCN(CN2CCN(C)CC2)C=C1F. The van der Waals surface area contributed by atoms with E-state index in [1.54, 1.807) is 6.20 Å². The second-order valence-corrected chi connectivity index (χ2v) is 6.32. The van der Waals surface area contributed by atoms with Gasteiger partial charge in [0, 0.05) is 32.4 Å². The molecule has 2 aliphatic rings.